The minimum Gasteiger partial charge on any atom is -0.489 e. The van der Waals surface area contributed by atoms with E-state index >= 15 is 0 Å². The molecule has 2 aromatic carbocycles. The van der Waals surface area contributed by atoms with Gasteiger partial charge < -0.3 is 24.4 Å². The van der Waals surface area contributed by atoms with Crippen molar-refractivity contribution in [2.75, 3.05) is 50.2 Å². The number of alkyl halides is 2. The summed E-state index contributed by atoms with van der Waals surface area (Å²) in [7, 11) is -3.44. The molecule has 0 bridgehead atoms. The average molecular weight is 636 g/mol. The predicted molar refractivity (Wildman–Crippen MR) is 158 cm³/mol. The molecular weight excluding hydrogens is 600 g/mol. The number of aromatic nitrogens is 2. The van der Waals surface area contributed by atoms with Crippen LogP contribution in [0.25, 0.3) is 10.9 Å². The second-order valence-electron chi connectivity index (χ2n) is 11.7. The summed E-state index contributed by atoms with van der Waals surface area (Å²) in [5.41, 5.74) is -0.445. The summed E-state index contributed by atoms with van der Waals surface area (Å²) in [6.07, 6.45) is -1.06. The Morgan fingerprint density at radius 2 is 1.89 bits per heavy atom. The number of carbonyl (C=O) groups is 2. The number of anilines is 2. The number of likely N-dealkylation sites (N-methyl/N-ethyl adjacent to an activating group) is 1. The van der Waals surface area contributed by atoms with E-state index < -0.39 is 51.1 Å². The molecule has 0 atom stereocenters. The molecule has 1 amide bonds. The van der Waals surface area contributed by atoms with Gasteiger partial charge in [-0.2, -0.15) is 14.1 Å². The number of sulfonamides is 1. The van der Waals surface area contributed by atoms with Crippen molar-refractivity contribution in [1.82, 2.24) is 14.1 Å². The zero-order valence-electron chi connectivity index (χ0n) is 24.9. The molecule has 0 saturated carbocycles. The van der Waals surface area contributed by atoms with Crippen LogP contribution in [-0.4, -0.2) is 86.1 Å². The number of fused-ring (bicyclic) bond motifs is 2. The van der Waals surface area contributed by atoms with Gasteiger partial charge >= 0.3 is 6.09 Å². The van der Waals surface area contributed by atoms with Crippen LogP contribution < -0.4 is 15.0 Å². The van der Waals surface area contributed by atoms with Crippen LogP contribution in [0.1, 0.15) is 45.6 Å². The number of amides is 1. The maximum atomic E-state index is 13.7. The summed E-state index contributed by atoms with van der Waals surface area (Å²) < 4.78 is 73.0. The van der Waals surface area contributed by atoms with Crippen molar-refractivity contribution in [1.29, 1.82) is 0 Å². The quantitative estimate of drug-likeness (QED) is 0.401. The molecule has 0 unspecified atom stereocenters. The number of hydrogen-bond acceptors (Lipinski definition) is 9. The van der Waals surface area contributed by atoms with Crippen molar-refractivity contribution in [2.24, 2.45) is 0 Å². The van der Waals surface area contributed by atoms with E-state index in [1.165, 1.54) is 0 Å². The second-order valence-corrected chi connectivity index (χ2v) is 13.7. The number of carbonyl (C=O) groups excluding carboxylic acids is 2. The number of hydrogen-bond donors (Lipinski definition) is 1. The summed E-state index contributed by atoms with van der Waals surface area (Å²) >= 11 is 0. The number of rotatable bonds is 7. The summed E-state index contributed by atoms with van der Waals surface area (Å²) in [6.45, 7) is 6.82. The molecule has 3 heterocycles. The first kappa shape index (κ1) is 31.6. The zero-order valence-corrected chi connectivity index (χ0v) is 25.7. The van der Waals surface area contributed by atoms with Gasteiger partial charge in [-0.1, -0.05) is 0 Å². The van der Waals surface area contributed by atoms with Gasteiger partial charge in [0.15, 0.2) is 0 Å². The van der Waals surface area contributed by atoms with E-state index in [0.717, 1.165) is 54.8 Å². The van der Waals surface area contributed by atoms with Gasteiger partial charge in [-0.3, -0.25) is 4.79 Å². The van der Waals surface area contributed by atoms with Gasteiger partial charge in [-0.25, -0.2) is 22.0 Å². The van der Waals surface area contributed by atoms with Crippen LogP contribution in [0.4, 0.5) is 25.0 Å². The van der Waals surface area contributed by atoms with Gasteiger partial charge in [0.1, 0.15) is 28.4 Å². The lowest BCUT2D eigenvalue weighted by molar-refractivity contribution is -0.116. The highest BCUT2D eigenvalue weighted by atomic mass is 32.2. The summed E-state index contributed by atoms with van der Waals surface area (Å²) in [4.78, 5) is 27.5. The highest BCUT2D eigenvalue weighted by molar-refractivity contribution is 7.89. The normalized spacial score (nSPS) is 16.2. The smallest absolute Gasteiger partial charge is 0.435 e. The molecule has 0 aliphatic carbocycles. The molecule has 1 fully saturated rings. The van der Waals surface area contributed by atoms with E-state index in [2.05, 4.69) is 15.3 Å². The Labute approximate surface area is 253 Å². The lowest BCUT2D eigenvalue weighted by Crippen LogP contribution is -2.44. The van der Waals surface area contributed by atoms with Crippen molar-refractivity contribution >= 4 is 44.3 Å². The SMILES string of the molecule is CN(CC(=O)Nc1ccc2c(c1)OCCN2C1CCOCC1)S(=O)(=O)c1cc(C(F)F)cc2cnn(C(=O)OC(C)(C)C)c12. The monoisotopic (exact) mass is 635 g/mol. The van der Waals surface area contributed by atoms with E-state index in [-0.39, 0.29) is 10.9 Å². The Morgan fingerprint density at radius 3 is 2.57 bits per heavy atom. The molecule has 0 radical (unpaired) electrons. The average Bonchev–Trinajstić information content (AvgIpc) is 3.40. The van der Waals surface area contributed by atoms with Crippen molar-refractivity contribution < 1.29 is 41.0 Å². The van der Waals surface area contributed by atoms with Crippen molar-refractivity contribution in [3.63, 3.8) is 0 Å². The van der Waals surface area contributed by atoms with Crippen molar-refractivity contribution in [2.45, 2.75) is 56.6 Å². The Balaban J connectivity index is 1.37. The van der Waals surface area contributed by atoms with Gasteiger partial charge in [-0.05, 0) is 57.9 Å². The lowest BCUT2D eigenvalue weighted by atomic mass is 10.0. The third-order valence-electron chi connectivity index (χ3n) is 7.30. The minimum atomic E-state index is -4.58. The predicted octanol–water partition coefficient (Wildman–Crippen LogP) is 4.39. The third-order valence-corrected chi connectivity index (χ3v) is 9.11. The van der Waals surface area contributed by atoms with Crippen LogP contribution in [0.5, 0.6) is 5.75 Å². The first-order valence-electron chi connectivity index (χ1n) is 14.2. The number of benzene rings is 2. The van der Waals surface area contributed by atoms with Gasteiger partial charge in [0, 0.05) is 49.0 Å². The van der Waals surface area contributed by atoms with Crippen LogP contribution in [0.2, 0.25) is 0 Å². The zero-order chi connectivity index (χ0) is 31.8. The van der Waals surface area contributed by atoms with Crippen LogP contribution in [0.3, 0.4) is 0 Å². The fourth-order valence-electron chi connectivity index (χ4n) is 5.27. The number of ether oxygens (including phenoxy) is 3. The highest BCUT2D eigenvalue weighted by Crippen LogP contribution is 2.37. The Bertz CT molecular complexity index is 1670. The molecule has 0 spiro atoms. The Hall–Kier alpha value is -3.82. The standard InChI is InChI=1S/C29H35F2N5O7S/c1-29(2,3)43-28(38)36-26-19(16-32-36)13-18(27(30)31)14-24(26)44(39,40)34(4)17-25(37)33-20-5-6-22-23(15-20)42-12-9-35(22)21-7-10-41-11-8-21/h5-6,13-16,21,27H,7-12,17H2,1-4H3,(H,33,37). The molecule has 5 rings (SSSR count). The summed E-state index contributed by atoms with van der Waals surface area (Å²) in [6, 6.07) is 7.41. The van der Waals surface area contributed by atoms with Crippen LogP contribution in [0, 0.1) is 0 Å². The summed E-state index contributed by atoms with van der Waals surface area (Å²) in [5, 5.41) is 6.59. The first-order chi connectivity index (χ1) is 20.7. The largest absolute Gasteiger partial charge is 0.489 e. The van der Waals surface area contributed by atoms with E-state index in [1.54, 1.807) is 32.9 Å². The Morgan fingerprint density at radius 1 is 1.16 bits per heavy atom. The molecule has 2 aliphatic rings. The molecule has 238 valence electrons. The fourth-order valence-corrected chi connectivity index (χ4v) is 6.63. The van der Waals surface area contributed by atoms with Crippen LogP contribution >= 0.6 is 0 Å². The molecule has 1 aromatic heterocycles. The van der Waals surface area contributed by atoms with Crippen LogP contribution in [-0.2, 0) is 24.3 Å². The van der Waals surface area contributed by atoms with Gasteiger partial charge in [0.05, 0.1) is 25.0 Å². The molecular formula is C29H35F2N5O7S. The molecule has 2 aliphatic heterocycles. The lowest BCUT2D eigenvalue weighted by Gasteiger charge is -2.39. The van der Waals surface area contributed by atoms with Gasteiger partial charge in [0.2, 0.25) is 15.9 Å². The molecule has 12 nitrogen and oxygen atoms in total. The maximum Gasteiger partial charge on any atom is 0.435 e. The van der Waals surface area contributed by atoms with Crippen molar-refractivity contribution in [3.05, 3.63) is 42.1 Å². The number of nitrogens with one attached hydrogen (secondary N) is 1. The maximum absolute atomic E-state index is 13.7. The summed E-state index contributed by atoms with van der Waals surface area (Å²) in [5.74, 6) is -0.0712. The fraction of sp³-hybridized carbons (Fsp3) is 0.483. The third kappa shape index (κ3) is 6.64. The van der Waals surface area contributed by atoms with Crippen molar-refractivity contribution in [3.8, 4) is 5.75 Å². The highest BCUT2D eigenvalue weighted by Gasteiger charge is 2.32. The minimum absolute atomic E-state index is 0.00561. The van der Waals surface area contributed by atoms with E-state index in [1.807, 2.05) is 6.07 Å². The Kier molecular flexibility index (Phi) is 8.82. The molecule has 1 N–H and O–H groups in total. The van der Waals surface area contributed by atoms with E-state index in [9.17, 15) is 26.8 Å². The molecule has 44 heavy (non-hydrogen) atoms. The second kappa shape index (κ2) is 12.3. The van der Waals surface area contributed by atoms with E-state index in [4.69, 9.17) is 14.2 Å². The molecule has 1 saturated heterocycles. The number of halogens is 2. The van der Waals surface area contributed by atoms with Crippen LogP contribution in [0.15, 0.2) is 41.4 Å². The number of nitrogens with zero attached hydrogens (tertiary/aromatic N) is 4. The van der Waals surface area contributed by atoms with Gasteiger partial charge in [0.25, 0.3) is 6.43 Å². The molecule has 3 aromatic rings. The first-order valence-corrected chi connectivity index (χ1v) is 15.6. The topological polar surface area (TPSA) is 132 Å². The molecule has 15 heteroatoms. The van der Waals surface area contributed by atoms with Gasteiger partial charge in [-0.15, -0.1) is 0 Å². The van der Waals surface area contributed by atoms with E-state index in [0.29, 0.717) is 42.0 Å².